The fourth-order valence-electron chi connectivity index (χ4n) is 2.77. The first-order valence-electron chi connectivity index (χ1n) is 7.48. The molecule has 2 N–H and O–H groups in total. The van der Waals surface area contributed by atoms with Gasteiger partial charge in [0.15, 0.2) is 0 Å². The summed E-state index contributed by atoms with van der Waals surface area (Å²) in [5, 5.41) is 11.2. The Kier molecular flexibility index (Phi) is 3.78. The summed E-state index contributed by atoms with van der Waals surface area (Å²) in [4.78, 5) is 19.4. The van der Waals surface area contributed by atoms with Gasteiger partial charge in [-0.05, 0) is 44.0 Å². The van der Waals surface area contributed by atoms with Crippen LogP contribution in [0, 0.1) is 13.8 Å². The number of aromatic amines is 1. The molecule has 1 aromatic carbocycles. The SMILES string of the molecule is CCOc1c(C)ccc(C)c1-c1c(O)c2cccnc2[nH]c1=O. The number of aromatic nitrogens is 2. The van der Waals surface area contributed by atoms with E-state index in [1.54, 1.807) is 18.3 Å². The Balaban J connectivity index is 2.42. The molecule has 5 nitrogen and oxygen atoms in total. The van der Waals surface area contributed by atoms with E-state index in [1.807, 2.05) is 32.9 Å². The molecule has 0 spiro atoms. The van der Waals surface area contributed by atoms with Crippen LogP contribution in [0.15, 0.2) is 35.3 Å². The first-order valence-corrected chi connectivity index (χ1v) is 7.48. The van der Waals surface area contributed by atoms with Crippen LogP contribution in [0.5, 0.6) is 11.5 Å². The quantitative estimate of drug-likeness (QED) is 0.778. The van der Waals surface area contributed by atoms with Crippen molar-refractivity contribution in [1.29, 1.82) is 0 Å². The minimum atomic E-state index is -0.386. The van der Waals surface area contributed by atoms with E-state index in [0.717, 1.165) is 11.1 Å². The Morgan fingerprint density at radius 3 is 2.65 bits per heavy atom. The average Bonchev–Trinajstić information content (AvgIpc) is 2.53. The zero-order chi connectivity index (χ0) is 16.6. The highest BCUT2D eigenvalue weighted by atomic mass is 16.5. The average molecular weight is 310 g/mol. The number of hydrogen-bond donors (Lipinski definition) is 2. The standard InChI is InChI=1S/C18H18N2O3/c1-4-23-16-11(3)8-7-10(2)13(16)14-15(21)12-6-5-9-19-17(12)20-18(14)22/h5-9H,4H2,1-3H3,(H2,19,20,21,22). The Morgan fingerprint density at radius 2 is 1.91 bits per heavy atom. The van der Waals surface area contributed by atoms with Gasteiger partial charge in [0.05, 0.1) is 17.6 Å². The van der Waals surface area contributed by atoms with Crippen molar-refractivity contribution in [3.63, 3.8) is 0 Å². The van der Waals surface area contributed by atoms with E-state index < -0.39 is 0 Å². The van der Waals surface area contributed by atoms with Gasteiger partial charge in [-0.25, -0.2) is 4.98 Å². The number of nitrogens with zero attached hydrogens (tertiary/aromatic N) is 1. The molecule has 23 heavy (non-hydrogen) atoms. The molecular weight excluding hydrogens is 292 g/mol. The van der Waals surface area contributed by atoms with Gasteiger partial charge in [0.1, 0.15) is 17.1 Å². The van der Waals surface area contributed by atoms with E-state index in [9.17, 15) is 9.90 Å². The highest BCUT2D eigenvalue weighted by molar-refractivity contribution is 5.92. The third-order valence-electron chi connectivity index (χ3n) is 3.86. The molecule has 0 aliphatic rings. The molecular formula is C18H18N2O3. The Labute approximate surface area is 133 Å². The van der Waals surface area contributed by atoms with Gasteiger partial charge < -0.3 is 14.8 Å². The zero-order valence-corrected chi connectivity index (χ0v) is 13.3. The lowest BCUT2D eigenvalue weighted by molar-refractivity contribution is 0.339. The second-order valence-corrected chi connectivity index (χ2v) is 5.41. The molecule has 3 aromatic rings. The number of aryl methyl sites for hydroxylation is 2. The number of pyridine rings is 2. The lowest BCUT2D eigenvalue weighted by atomic mass is 9.96. The molecule has 0 fully saturated rings. The number of hydrogen-bond acceptors (Lipinski definition) is 4. The fourth-order valence-corrected chi connectivity index (χ4v) is 2.77. The van der Waals surface area contributed by atoms with Crippen molar-refractivity contribution in [3.8, 4) is 22.6 Å². The molecule has 0 bridgehead atoms. The van der Waals surface area contributed by atoms with Crippen molar-refractivity contribution in [2.45, 2.75) is 20.8 Å². The van der Waals surface area contributed by atoms with Crippen molar-refractivity contribution in [3.05, 3.63) is 51.9 Å². The highest BCUT2D eigenvalue weighted by Crippen LogP contribution is 2.40. The molecule has 0 amide bonds. The van der Waals surface area contributed by atoms with Gasteiger partial charge >= 0.3 is 0 Å². The van der Waals surface area contributed by atoms with Crippen LogP contribution in [0.2, 0.25) is 0 Å². The molecule has 0 aliphatic carbocycles. The summed E-state index contributed by atoms with van der Waals surface area (Å²) < 4.78 is 5.75. The van der Waals surface area contributed by atoms with E-state index in [1.165, 1.54) is 0 Å². The lowest BCUT2D eigenvalue weighted by Gasteiger charge is -2.16. The zero-order valence-electron chi connectivity index (χ0n) is 13.3. The third-order valence-corrected chi connectivity index (χ3v) is 3.86. The Morgan fingerprint density at radius 1 is 1.17 bits per heavy atom. The van der Waals surface area contributed by atoms with Gasteiger partial charge in [0.25, 0.3) is 5.56 Å². The van der Waals surface area contributed by atoms with Crippen LogP contribution >= 0.6 is 0 Å². The number of fused-ring (bicyclic) bond motifs is 1. The number of ether oxygens (including phenoxy) is 1. The van der Waals surface area contributed by atoms with Gasteiger partial charge in [-0.15, -0.1) is 0 Å². The molecule has 0 saturated carbocycles. The summed E-state index contributed by atoms with van der Waals surface area (Å²) in [6, 6.07) is 7.30. The number of nitrogens with one attached hydrogen (secondary N) is 1. The minimum Gasteiger partial charge on any atom is -0.506 e. The molecule has 2 heterocycles. The predicted molar refractivity (Wildman–Crippen MR) is 90.1 cm³/mol. The predicted octanol–water partition coefficient (Wildman–Crippen LogP) is 3.31. The van der Waals surface area contributed by atoms with E-state index in [4.69, 9.17) is 4.74 Å². The van der Waals surface area contributed by atoms with Gasteiger partial charge in [-0.1, -0.05) is 12.1 Å². The van der Waals surface area contributed by atoms with E-state index in [2.05, 4.69) is 9.97 Å². The topological polar surface area (TPSA) is 75.2 Å². The Bertz CT molecular complexity index is 945. The summed E-state index contributed by atoms with van der Waals surface area (Å²) in [5.41, 5.74) is 2.59. The molecule has 0 aliphatic heterocycles. The van der Waals surface area contributed by atoms with Gasteiger partial charge in [0.2, 0.25) is 0 Å². The first-order chi connectivity index (χ1) is 11.0. The lowest BCUT2D eigenvalue weighted by Crippen LogP contribution is -2.12. The van der Waals surface area contributed by atoms with Crippen LogP contribution in [0.1, 0.15) is 18.1 Å². The van der Waals surface area contributed by atoms with E-state index >= 15 is 0 Å². The Hall–Kier alpha value is -2.82. The molecule has 0 radical (unpaired) electrons. The van der Waals surface area contributed by atoms with Crippen LogP contribution in [0.4, 0.5) is 0 Å². The summed E-state index contributed by atoms with van der Waals surface area (Å²) in [7, 11) is 0. The number of rotatable bonds is 3. The van der Waals surface area contributed by atoms with Crippen LogP contribution in [0.25, 0.3) is 22.2 Å². The molecule has 5 heteroatoms. The fraction of sp³-hybridized carbons (Fsp3) is 0.222. The second-order valence-electron chi connectivity index (χ2n) is 5.41. The van der Waals surface area contributed by atoms with Crippen molar-refractivity contribution in [1.82, 2.24) is 9.97 Å². The number of benzene rings is 1. The van der Waals surface area contributed by atoms with Gasteiger partial charge in [0, 0.05) is 11.8 Å². The molecule has 0 atom stereocenters. The van der Waals surface area contributed by atoms with Crippen molar-refractivity contribution in [2.75, 3.05) is 6.61 Å². The monoisotopic (exact) mass is 310 g/mol. The molecule has 118 valence electrons. The van der Waals surface area contributed by atoms with Crippen molar-refractivity contribution >= 4 is 11.0 Å². The summed E-state index contributed by atoms with van der Waals surface area (Å²) in [5.74, 6) is 0.544. The maximum absolute atomic E-state index is 12.6. The summed E-state index contributed by atoms with van der Waals surface area (Å²) >= 11 is 0. The van der Waals surface area contributed by atoms with Crippen molar-refractivity contribution < 1.29 is 9.84 Å². The van der Waals surface area contributed by atoms with Crippen LogP contribution < -0.4 is 10.3 Å². The first kappa shape index (κ1) is 15.1. The van der Waals surface area contributed by atoms with Gasteiger partial charge in [-0.2, -0.15) is 0 Å². The van der Waals surface area contributed by atoms with Crippen LogP contribution in [-0.2, 0) is 0 Å². The minimum absolute atomic E-state index is 0.0773. The summed E-state index contributed by atoms with van der Waals surface area (Å²) in [6.45, 7) is 6.18. The molecule has 2 aromatic heterocycles. The molecule has 0 unspecified atom stereocenters. The number of H-pyrrole nitrogens is 1. The van der Waals surface area contributed by atoms with Crippen LogP contribution in [-0.4, -0.2) is 21.7 Å². The maximum atomic E-state index is 12.6. The third kappa shape index (κ3) is 2.44. The largest absolute Gasteiger partial charge is 0.506 e. The normalized spacial score (nSPS) is 10.9. The molecule has 3 rings (SSSR count). The van der Waals surface area contributed by atoms with E-state index in [0.29, 0.717) is 29.0 Å². The smallest absolute Gasteiger partial charge is 0.261 e. The maximum Gasteiger partial charge on any atom is 0.261 e. The van der Waals surface area contributed by atoms with Crippen molar-refractivity contribution in [2.24, 2.45) is 0 Å². The highest BCUT2D eigenvalue weighted by Gasteiger charge is 2.21. The number of aromatic hydroxyl groups is 1. The second kappa shape index (κ2) is 5.76. The van der Waals surface area contributed by atoms with Crippen LogP contribution in [0.3, 0.4) is 0 Å². The van der Waals surface area contributed by atoms with E-state index in [-0.39, 0.29) is 16.9 Å². The molecule has 0 saturated heterocycles. The van der Waals surface area contributed by atoms with Gasteiger partial charge in [-0.3, -0.25) is 4.79 Å². The summed E-state index contributed by atoms with van der Waals surface area (Å²) in [6.07, 6.45) is 1.57.